The molecule has 4 rings (SSSR count). The molecular formula is C17H17FN4O2. The van der Waals surface area contributed by atoms with E-state index in [0.717, 1.165) is 24.0 Å². The first kappa shape index (κ1) is 14.9. The van der Waals surface area contributed by atoms with Crippen molar-refractivity contribution in [2.24, 2.45) is 7.05 Å². The highest BCUT2D eigenvalue weighted by Gasteiger charge is 2.51. The Hall–Kier alpha value is -2.70. The van der Waals surface area contributed by atoms with Crippen LogP contribution in [-0.2, 0) is 12.5 Å². The molecular weight excluding hydrogens is 311 g/mol. The Bertz CT molecular complexity index is 911. The van der Waals surface area contributed by atoms with Crippen molar-refractivity contribution in [1.82, 2.24) is 19.9 Å². The van der Waals surface area contributed by atoms with Crippen molar-refractivity contribution in [3.05, 3.63) is 47.0 Å². The first-order chi connectivity index (χ1) is 11.5. The number of halogens is 1. The van der Waals surface area contributed by atoms with E-state index in [-0.39, 0.29) is 11.2 Å². The zero-order valence-corrected chi connectivity index (χ0v) is 13.7. The Morgan fingerprint density at radius 1 is 1.29 bits per heavy atom. The SMILES string of the molecule is COc1cc(-c2nc(C3(c4cc(F)ccc4C)CC3)no2)nn1C. The summed E-state index contributed by atoms with van der Waals surface area (Å²) >= 11 is 0. The van der Waals surface area contributed by atoms with Gasteiger partial charge in [-0.05, 0) is 43.0 Å². The maximum atomic E-state index is 13.7. The Morgan fingerprint density at radius 3 is 2.75 bits per heavy atom. The molecule has 0 saturated heterocycles. The van der Waals surface area contributed by atoms with Gasteiger partial charge in [-0.15, -0.1) is 0 Å². The van der Waals surface area contributed by atoms with Gasteiger partial charge in [-0.2, -0.15) is 10.1 Å². The molecule has 1 aliphatic rings. The highest BCUT2D eigenvalue weighted by Crippen LogP contribution is 2.53. The number of benzene rings is 1. The second-order valence-electron chi connectivity index (χ2n) is 6.16. The van der Waals surface area contributed by atoms with Crippen LogP contribution in [0.15, 0.2) is 28.8 Å². The molecule has 0 amide bonds. The van der Waals surface area contributed by atoms with Crippen LogP contribution in [0.3, 0.4) is 0 Å². The number of nitrogens with zero attached hydrogens (tertiary/aromatic N) is 4. The fourth-order valence-electron chi connectivity index (χ4n) is 3.12. The number of aromatic nitrogens is 4. The van der Waals surface area contributed by atoms with Gasteiger partial charge in [0.1, 0.15) is 5.82 Å². The molecule has 0 spiro atoms. The Labute approximate surface area is 138 Å². The molecule has 1 aliphatic carbocycles. The van der Waals surface area contributed by atoms with E-state index >= 15 is 0 Å². The molecule has 1 aromatic carbocycles. The highest BCUT2D eigenvalue weighted by molar-refractivity contribution is 5.51. The Kier molecular flexibility index (Phi) is 3.19. The highest BCUT2D eigenvalue weighted by atomic mass is 19.1. The van der Waals surface area contributed by atoms with Crippen molar-refractivity contribution in [3.8, 4) is 17.5 Å². The monoisotopic (exact) mass is 328 g/mol. The second kappa shape index (κ2) is 5.15. The average molecular weight is 328 g/mol. The van der Waals surface area contributed by atoms with Gasteiger partial charge < -0.3 is 9.26 Å². The van der Waals surface area contributed by atoms with Crippen LogP contribution in [0.25, 0.3) is 11.6 Å². The molecule has 24 heavy (non-hydrogen) atoms. The van der Waals surface area contributed by atoms with Crippen molar-refractivity contribution in [1.29, 1.82) is 0 Å². The van der Waals surface area contributed by atoms with Crippen molar-refractivity contribution < 1.29 is 13.7 Å². The van der Waals surface area contributed by atoms with Crippen LogP contribution in [0.2, 0.25) is 0 Å². The third-order valence-electron chi connectivity index (χ3n) is 4.58. The second-order valence-corrected chi connectivity index (χ2v) is 6.16. The van der Waals surface area contributed by atoms with E-state index in [1.165, 1.54) is 6.07 Å². The van der Waals surface area contributed by atoms with Gasteiger partial charge in [-0.1, -0.05) is 11.2 Å². The van der Waals surface area contributed by atoms with Crippen LogP contribution in [-0.4, -0.2) is 27.0 Å². The van der Waals surface area contributed by atoms with E-state index in [1.807, 2.05) is 6.92 Å². The van der Waals surface area contributed by atoms with E-state index < -0.39 is 0 Å². The van der Waals surface area contributed by atoms with Gasteiger partial charge in [0.2, 0.25) is 5.88 Å². The van der Waals surface area contributed by atoms with Crippen LogP contribution in [0.1, 0.15) is 29.8 Å². The third-order valence-corrected chi connectivity index (χ3v) is 4.58. The van der Waals surface area contributed by atoms with Gasteiger partial charge in [-0.3, -0.25) is 0 Å². The van der Waals surface area contributed by atoms with E-state index in [4.69, 9.17) is 9.26 Å². The molecule has 1 saturated carbocycles. The average Bonchev–Trinajstić information content (AvgIpc) is 3.05. The number of aryl methyl sites for hydroxylation is 2. The minimum atomic E-state index is -0.354. The summed E-state index contributed by atoms with van der Waals surface area (Å²) in [6.07, 6.45) is 1.75. The molecule has 6 nitrogen and oxygen atoms in total. The Morgan fingerprint density at radius 2 is 2.08 bits per heavy atom. The summed E-state index contributed by atoms with van der Waals surface area (Å²) < 4.78 is 25.9. The van der Waals surface area contributed by atoms with Crippen LogP contribution < -0.4 is 4.74 Å². The lowest BCUT2D eigenvalue weighted by Gasteiger charge is -2.14. The van der Waals surface area contributed by atoms with Crippen LogP contribution in [0.4, 0.5) is 4.39 Å². The van der Waals surface area contributed by atoms with Crippen LogP contribution in [0.5, 0.6) is 5.88 Å². The molecule has 7 heteroatoms. The third kappa shape index (κ3) is 2.19. The van der Waals surface area contributed by atoms with Gasteiger partial charge in [0, 0.05) is 13.1 Å². The normalized spacial score (nSPS) is 15.5. The summed E-state index contributed by atoms with van der Waals surface area (Å²) in [6, 6.07) is 6.57. The molecule has 1 fully saturated rings. The van der Waals surface area contributed by atoms with E-state index in [9.17, 15) is 4.39 Å². The first-order valence-corrected chi connectivity index (χ1v) is 7.73. The molecule has 0 N–H and O–H groups in total. The quantitative estimate of drug-likeness (QED) is 0.736. The summed E-state index contributed by atoms with van der Waals surface area (Å²) in [5.41, 5.74) is 2.15. The summed E-state index contributed by atoms with van der Waals surface area (Å²) in [5.74, 6) is 1.27. The van der Waals surface area contributed by atoms with Gasteiger partial charge in [-0.25, -0.2) is 9.07 Å². The fraction of sp³-hybridized carbons (Fsp3) is 0.353. The summed E-state index contributed by atoms with van der Waals surface area (Å²) in [4.78, 5) is 4.52. The van der Waals surface area contributed by atoms with E-state index in [2.05, 4.69) is 15.2 Å². The molecule has 124 valence electrons. The predicted molar refractivity (Wildman–Crippen MR) is 84.2 cm³/mol. The van der Waals surface area contributed by atoms with E-state index in [0.29, 0.717) is 23.3 Å². The van der Waals surface area contributed by atoms with Gasteiger partial charge in [0.15, 0.2) is 11.5 Å². The first-order valence-electron chi connectivity index (χ1n) is 7.73. The van der Waals surface area contributed by atoms with Crippen molar-refractivity contribution in [2.75, 3.05) is 7.11 Å². The predicted octanol–water partition coefficient (Wildman–Crippen LogP) is 3.01. The summed E-state index contributed by atoms with van der Waals surface area (Å²) in [5, 5.41) is 8.45. The maximum absolute atomic E-state index is 13.7. The largest absolute Gasteiger partial charge is 0.481 e. The van der Waals surface area contributed by atoms with E-state index in [1.54, 1.807) is 37.0 Å². The topological polar surface area (TPSA) is 66.0 Å². The zero-order valence-electron chi connectivity index (χ0n) is 13.7. The molecule has 2 heterocycles. The van der Waals surface area contributed by atoms with Gasteiger partial charge in [0.05, 0.1) is 12.5 Å². The lowest BCUT2D eigenvalue weighted by Crippen LogP contribution is -2.13. The minimum absolute atomic E-state index is 0.250. The number of hydrogen-bond donors (Lipinski definition) is 0. The molecule has 0 bridgehead atoms. The van der Waals surface area contributed by atoms with Crippen LogP contribution in [0, 0.1) is 12.7 Å². The lowest BCUT2D eigenvalue weighted by atomic mass is 9.91. The zero-order chi connectivity index (χ0) is 16.9. The molecule has 0 unspecified atom stereocenters. The van der Waals surface area contributed by atoms with Crippen molar-refractivity contribution in [2.45, 2.75) is 25.2 Å². The molecule has 0 atom stereocenters. The Balaban J connectivity index is 1.73. The smallest absolute Gasteiger partial charge is 0.278 e. The molecule has 0 aliphatic heterocycles. The maximum Gasteiger partial charge on any atom is 0.278 e. The fourth-order valence-corrected chi connectivity index (χ4v) is 3.12. The minimum Gasteiger partial charge on any atom is -0.481 e. The van der Waals surface area contributed by atoms with Crippen molar-refractivity contribution in [3.63, 3.8) is 0 Å². The van der Waals surface area contributed by atoms with Gasteiger partial charge in [0.25, 0.3) is 5.89 Å². The lowest BCUT2D eigenvalue weighted by molar-refractivity contribution is 0.373. The molecule has 3 aromatic rings. The number of methoxy groups -OCH3 is 1. The number of hydrogen-bond acceptors (Lipinski definition) is 5. The molecule has 2 aromatic heterocycles. The summed E-state index contributed by atoms with van der Waals surface area (Å²) in [7, 11) is 3.35. The van der Waals surface area contributed by atoms with Crippen molar-refractivity contribution >= 4 is 0 Å². The molecule has 0 radical (unpaired) electrons. The standard InChI is InChI=1S/C17H17FN4O2/c1-10-4-5-11(18)8-12(10)17(6-7-17)16-19-15(24-21-16)13-9-14(23-3)22(2)20-13/h4-5,8-9H,6-7H2,1-3H3. The number of rotatable bonds is 4. The van der Waals surface area contributed by atoms with Gasteiger partial charge >= 0.3 is 0 Å². The van der Waals surface area contributed by atoms with Crippen LogP contribution >= 0.6 is 0 Å². The summed E-state index contributed by atoms with van der Waals surface area (Å²) in [6.45, 7) is 1.97. The number of ether oxygens (including phenoxy) is 1.